The smallest absolute Gasteiger partial charge is 0.286 e. The van der Waals surface area contributed by atoms with Gasteiger partial charge in [-0.2, -0.15) is 21.6 Å². The minimum atomic E-state index is -4.33. The zero-order valence-electron chi connectivity index (χ0n) is 15.1. The lowest BCUT2D eigenvalue weighted by molar-refractivity contribution is -0.137. The molecule has 0 spiro atoms. The number of rotatable bonds is 7. The van der Waals surface area contributed by atoms with Crippen LogP contribution in [0.1, 0.15) is 75.3 Å². The highest BCUT2D eigenvalue weighted by Crippen LogP contribution is 2.50. The average Bonchev–Trinajstić information content (AvgIpc) is 2.57. The number of unbranched alkanes of at least 4 members (excludes halogenated alkanes) is 1. The lowest BCUT2D eigenvalue weighted by Gasteiger charge is -2.43. The molecule has 1 aliphatic carbocycles. The molecule has 1 aromatic rings. The predicted octanol–water partition coefficient (Wildman–Crippen LogP) is 5.82. The van der Waals surface area contributed by atoms with Crippen LogP contribution in [0.25, 0.3) is 0 Å². The van der Waals surface area contributed by atoms with Gasteiger partial charge in [0.2, 0.25) is 0 Å². The van der Waals surface area contributed by atoms with Crippen LogP contribution >= 0.6 is 0 Å². The number of hydrogen-bond donors (Lipinski definition) is 1. The summed E-state index contributed by atoms with van der Waals surface area (Å²) in [7, 11) is -3.94. The van der Waals surface area contributed by atoms with Crippen LogP contribution in [-0.4, -0.2) is 18.7 Å². The second-order valence-electron chi connectivity index (χ2n) is 7.51. The van der Waals surface area contributed by atoms with Crippen molar-refractivity contribution >= 4 is 10.1 Å². The monoisotopic (exact) mass is 392 g/mol. The SMILES string of the molecule is CC(c1ccc(C(F)(F)F)cc1)C1(CCCCS(=O)(=O)O)CCCCC1. The molecule has 0 heterocycles. The molecule has 1 unspecified atom stereocenters. The summed E-state index contributed by atoms with van der Waals surface area (Å²) in [5.74, 6) is -0.131. The Morgan fingerprint density at radius 3 is 2.15 bits per heavy atom. The maximum absolute atomic E-state index is 12.8. The number of benzene rings is 1. The Kier molecular flexibility index (Phi) is 6.77. The molecule has 1 N–H and O–H groups in total. The highest BCUT2D eigenvalue weighted by Gasteiger charge is 2.38. The first-order valence-electron chi connectivity index (χ1n) is 9.16. The lowest BCUT2D eigenvalue weighted by atomic mass is 9.62. The average molecular weight is 392 g/mol. The topological polar surface area (TPSA) is 54.4 Å². The van der Waals surface area contributed by atoms with Gasteiger partial charge in [0.1, 0.15) is 0 Å². The van der Waals surface area contributed by atoms with Crippen molar-refractivity contribution in [2.24, 2.45) is 5.41 Å². The van der Waals surface area contributed by atoms with Gasteiger partial charge in [-0.25, -0.2) is 0 Å². The Morgan fingerprint density at radius 2 is 1.65 bits per heavy atom. The molecule has 1 fully saturated rings. The molecule has 7 heteroatoms. The molecule has 148 valence electrons. The van der Waals surface area contributed by atoms with E-state index in [1.54, 1.807) is 12.1 Å². The van der Waals surface area contributed by atoms with Crippen molar-refractivity contribution in [3.8, 4) is 0 Å². The van der Waals surface area contributed by atoms with Crippen molar-refractivity contribution in [2.45, 2.75) is 70.4 Å². The summed E-state index contributed by atoms with van der Waals surface area (Å²) in [6.07, 6.45) is 2.91. The Bertz CT molecular complexity index is 675. The van der Waals surface area contributed by atoms with Crippen LogP contribution in [0, 0.1) is 5.41 Å². The molecule has 3 nitrogen and oxygen atoms in total. The van der Waals surface area contributed by atoms with Crippen LogP contribution in [0.15, 0.2) is 24.3 Å². The van der Waals surface area contributed by atoms with Crippen molar-refractivity contribution in [2.75, 3.05) is 5.75 Å². The normalized spacial score (nSPS) is 19.3. The van der Waals surface area contributed by atoms with E-state index in [0.29, 0.717) is 12.8 Å². The number of alkyl halides is 3. The zero-order chi connectivity index (χ0) is 19.4. The van der Waals surface area contributed by atoms with Gasteiger partial charge in [0.05, 0.1) is 11.3 Å². The molecule has 1 aliphatic rings. The molecular formula is C19H27F3O3S. The fourth-order valence-corrected chi connectivity index (χ4v) is 4.80. The summed E-state index contributed by atoms with van der Waals surface area (Å²) in [4.78, 5) is 0. The third-order valence-electron chi connectivity index (χ3n) is 5.83. The van der Waals surface area contributed by atoms with E-state index in [1.165, 1.54) is 0 Å². The van der Waals surface area contributed by atoms with Crippen LogP contribution < -0.4 is 0 Å². The van der Waals surface area contributed by atoms with Crippen LogP contribution in [0.4, 0.5) is 13.2 Å². The minimum Gasteiger partial charge on any atom is -0.286 e. The summed E-state index contributed by atoms with van der Waals surface area (Å²) in [6, 6.07) is 5.42. The van der Waals surface area contributed by atoms with E-state index in [9.17, 15) is 21.6 Å². The molecule has 0 amide bonds. The van der Waals surface area contributed by atoms with Gasteiger partial charge in [-0.1, -0.05) is 44.7 Å². The Morgan fingerprint density at radius 1 is 1.08 bits per heavy atom. The molecule has 0 aliphatic heterocycles. The van der Waals surface area contributed by atoms with Gasteiger partial charge in [-0.05, 0) is 54.7 Å². The highest BCUT2D eigenvalue weighted by molar-refractivity contribution is 7.85. The maximum atomic E-state index is 12.8. The summed E-state index contributed by atoms with van der Waals surface area (Å²) in [6.45, 7) is 2.07. The van der Waals surface area contributed by atoms with Crippen LogP contribution in [0.3, 0.4) is 0 Å². The molecule has 0 radical (unpaired) electrons. The first kappa shape index (κ1) is 21.2. The van der Waals surface area contributed by atoms with E-state index >= 15 is 0 Å². The lowest BCUT2D eigenvalue weighted by Crippen LogP contribution is -2.30. The third kappa shape index (κ3) is 5.71. The summed E-state index contributed by atoms with van der Waals surface area (Å²) in [5.41, 5.74) is 0.242. The summed E-state index contributed by atoms with van der Waals surface area (Å²) in [5, 5.41) is 0. The largest absolute Gasteiger partial charge is 0.416 e. The fraction of sp³-hybridized carbons (Fsp3) is 0.684. The van der Waals surface area contributed by atoms with E-state index in [1.807, 2.05) is 0 Å². The standard InChI is InChI=1S/C19H27F3O3S/c1-15(16-7-9-17(10-8-16)19(20,21)22)18(11-3-2-4-12-18)13-5-6-14-26(23,24)25/h7-10,15H,2-6,11-14H2,1H3,(H,23,24,25). The van der Waals surface area contributed by atoms with E-state index in [2.05, 4.69) is 6.92 Å². The molecular weight excluding hydrogens is 365 g/mol. The van der Waals surface area contributed by atoms with Gasteiger partial charge in [-0.3, -0.25) is 4.55 Å². The molecule has 0 saturated heterocycles. The van der Waals surface area contributed by atoms with Gasteiger partial charge < -0.3 is 0 Å². The van der Waals surface area contributed by atoms with E-state index in [-0.39, 0.29) is 17.1 Å². The van der Waals surface area contributed by atoms with Crippen molar-refractivity contribution in [1.82, 2.24) is 0 Å². The zero-order valence-corrected chi connectivity index (χ0v) is 15.9. The highest BCUT2D eigenvalue weighted by atomic mass is 32.2. The minimum absolute atomic E-state index is 0.0167. The quantitative estimate of drug-likeness (QED) is 0.470. The molecule has 2 rings (SSSR count). The summed E-state index contributed by atoms with van der Waals surface area (Å²) < 4.78 is 69.0. The van der Waals surface area contributed by atoms with Gasteiger partial charge in [0, 0.05) is 0 Å². The molecule has 0 aromatic heterocycles. The van der Waals surface area contributed by atoms with Gasteiger partial charge in [0.25, 0.3) is 10.1 Å². The Labute approximate surface area is 153 Å². The van der Waals surface area contributed by atoms with Gasteiger partial charge in [0.15, 0.2) is 0 Å². The summed E-state index contributed by atoms with van der Waals surface area (Å²) >= 11 is 0. The number of hydrogen-bond acceptors (Lipinski definition) is 2. The fourth-order valence-electron chi connectivity index (χ4n) is 4.23. The van der Waals surface area contributed by atoms with Crippen molar-refractivity contribution in [3.63, 3.8) is 0 Å². The van der Waals surface area contributed by atoms with Crippen LogP contribution in [0.2, 0.25) is 0 Å². The molecule has 0 bridgehead atoms. The molecule has 1 saturated carbocycles. The van der Waals surface area contributed by atoms with Crippen LogP contribution in [-0.2, 0) is 16.3 Å². The van der Waals surface area contributed by atoms with Crippen molar-refractivity contribution in [1.29, 1.82) is 0 Å². The molecule has 1 atom stereocenters. The number of halogens is 3. The molecule has 1 aromatic carbocycles. The first-order valence-corrected chi connectivity index (χ1v) is 10.8. The second-order valence-corrected chi connectivity index (χ2v) is 9.08. The predicted molar refractivity (Wildman–Crippen MR) is 95.6 cm³/mol. The van der Waals surface area contributed by atoms with Crippen molar-refractivity contribution in [3.05, 3.63) is 35.4 Å². The van der Waals surface area contributed by atoms with E-state index in [0.717, 1.165) is 56.2 Å². The second kappa shape index (κ2) is 8.30. The Hall–Kier alpha value is -1.08. The van der Waals surface area contributed by atoms with E-state index < -0.39 is 21.9 Å². The molecule has 26 heavy (non-hydrogen) atoms. The first-order chi connectivity index (χ1) is 12.0. The maximum Gasteiger partial charge on any atom is 0.416 e. The van der Waals surface area contributed by atoms with Gasteiger partial charge >= 0.3 is 6.18 Å². The van der Waals surface area contributed by atoms with Crippen LogP contribution in [0.5, 0.6) is 0 Å². The Balaban J connectivity index is 2.12. The van der Waals surface area contributed by atoms with Gasteiger partial charge in [-0.15, -0.1) is 0 Å². The van der Waals surface area contributed by atoms with E-state index in [4.69, 9.17) is 4.55 Å². The third-order valence-corrected chi connectivity index (χ3v) is 6.64. The van der Waals surface area contributed by atoms with Crippen molar-refractivity contribution < 1.29 is 26.1 Å².